The molecule has 5 heteroatoms. The predicted octanol–water partition coefficient (Wildman–Crippen LogP) is 5.67. The Kier molecular flexibility index (Phi) is 4.03. The van der Waals surface area contributed by atoms with Crippen LogP contribution in [0.5, 0.6) is 0 Å². The fourth-order valence-electron chi connectivity index (χ4n) is 3.94. The first-order valence-corrected chi connectivity index (χ1v) is 10.1. The molecule has 0 saturated heterocycles. The lowest BCUT2D eigenvalue weighted by atomic mass is 9.98. The molecule has 0 radical (unpaired) electrons. The summed E-state index contributed by atoms with van der Waals surface area (Å²) in [6.07, 6.45) is 5.53. The van der Waals surface area contributed by atoms with Crippen LogP contribution in [0.2, 0.25) is 0 Å². The van der Waals surface area contributed by atoms with Gasteiger partial charge in [-0.25, -0.2) is 4.98 Å². The highest BCUT2D eigenvalue weighted by Crippen LogP contribution is 2.34. The van der Waals surface area contributed by atoms with Crippen molar-refractivity contribution < 1.29 is 0 Å². The Balaban J connectivity index is 1.65. The van der Waals surface area contributed by atoms with Gasteiger partial charge in [0.25, 0.3) is 0 Å². The first-order valence-electron chi connectivity index (χ1n) is 10.1. The summed E-state index contributed by atoms with van der Waals surface area (Å²) < 4.78 is 2.00. The van der Waals surface area contributed by atoms with Crippen molar-refractivity contribution in [3.8, 4) is 33.8 Å². The molecular weight excluding hydrogens is 382 g/mol. The third kappa shape index (κ3) is 2.95. The van der Waals surface area contributed by atoms with E-state index in [0.717, 1.165) is 50.3 Å². The second-order valence-corrected chi connectivity index (χ2v) is 7.32. The summed E-state index contributed by atoms with van der Waals surface area (Å²) in [5, 5.41) is 9.91. The zero-order valence-electron chi connectivity index (χ0n) is 16.6. The zero-order valence-corrected chi connectivity index (χ0v) is 16.6. The lowest BCUT2D eigenvalue weighted by Gasteiger charge is -2.12. The van der Waals surface area contributed by atoms with Gasteiger partial charge in [0.1, 0.15) is 0 Å². The molecule has 0 aliphatic heterocycles. The van der Waals surface area contributed by atoms with Crippen LogP contribution in [0, 0.1) is 0 Å². The van der Waals surface area contributed by atoms with Gasteiger partial charge in [-0.05, 0) is 29.8 Å². The molecular formula is C26H17N5. The second kappa shape index (κ2) is 7.15. The molecule has 0 fully saturated rings. The number of pyridine rings is 3. The Morgan fingerprint density at radius 3 is 2.16 bits per heavy atom. The summed E-state index contributed by atoms with van der Waals surface area (Å²) in [6.45, 7) is 0. The molecule has 146 valence electrons. The first kappa shape index (κ1) is 17.5. The molecule has 0 bridgehead atoms. The van der Waals surface area contributed by atoms with Crippen molar-refractivity contribution >= 4 is 16.6 Å². The lowest BCUT2D eigenvalue weighted by Crippen LogP contribution is -1.95. The number of fused-ring (bicyclic) bond motifs is 3. The fraction of sp³-hybridized carbons (Fsp3) is 0. The SMILES string of the molecule is c1ccc(-c2cc3c(ccn4c(-c5cccnc5)nnc34)nc2-c2ccccc2)cc1. The number of benzene rings is 2. The summed E-state index contributed by atoms with van der Waals surface area (Å²) >= 11 is 0. The fourth-order valence-corrected chi connectivity index (χ4v) is 3.94. The van der Waals surface area contributed by atoms with Crippen molar-refractivity contribution in [3.05, 3.63) is 104 Å². The molecule has 0 aliphatic carbocycles. The number of hydrogen-bond donors (Lipinski definition) is 0. The minimum atomic E-state index is 0.762. The number of nitrogens with zero attached hydrogens (tertiary/aromatic N) is 5. The van der Waals surface area contributed by atoms with Crippen LogP contribution in [0.25, 0.3) is 50.3 Å². The second-order valence-electron chi connectivity index (χ2n) is 7.32. The maximum absolute atomic E-state index is 5.06. The highest BCUT2D eigenvalue weighted by atomic mass is 15.2. The van der Waals surface area contributed by atoms with E-state index in [1.807, 2.05) is 65.2 Å². The average Bonchev–Trinajstić information content (AvgIpc) is 3.29. The normalized spacial score (nSPS) is 11.2. The third-order valence-electron chi connectivity index (χ3n) is 5.42. The topological polar surface area (TPSA) is 56.0 Å². The average molecular weight is 399 g/mol. The molecule has 0 aliphatic rings. The van der Waals surface area contributed by atoms with Crippen LogP contribution in [-0.4, -0.2) is 24.6 Å². The van der Waals surface area contributed by atoms with E-state index < -0.39 is 0 Å². The molecule has 4 aromatic heterocycles. The van der Waals surface area contributed by atoms with E-state index in [1.54, 1.807) is 12.4 Å². The largest absolute Gasteiger partial charge is 0.282 e. The summed E-state index contributed by atoms with van der Waals surface area (Å²) in [6, 6.07) is 28.7. The monoisotopic (exact) mass is 399 g/mol. The van der Waals surface area contributed by atoms with Gasteiger partial charge >= 0.3 is 0 Å². The molecule has 0 N–H and O–H groups in total. The van der Waals surface area contributed by atoms with E-state index in [0.29, 0.717) is 0 Å². The van der Waals surface area contributed by atoms with Gasteiger partial charge in [-0.3, -0.25) is 9.38 Å². The van der Waals surface area contributed by atoms with E-state index in [1.165, 1.54) is 0 Å². The van der Waals surface area contributed by atoms with E-state index >= 15 is 0 Å². The van der Waals surface area contributed by atoms with E-state index in [-0.39, 0.29) is 0 Å². The van der Waals surface area contributed by atoms with E-state index in [2.05, 4.69) is 45.5 Å². The van der Waals surface area contributed by atoms with Crippen LogP contribution in [0.1, 0.15) is 0 Å². The Morgan fingerprint density at radius 2 is 1.42 bits per heavy atom. The number of rotatable bonds is 3. The van der Waals surface area contributed by atoms with Gasteiger partial charge < -0.3 is 0 Å². The molecule has 4 heterocycles. The van der Waals surface area contributed by atoms with E-state index in [9.17, 15) is 0 Å². The molecule has 0 unspecified atom stereocenters. The predicted molar refractivity (Wildman–Crippen MR) is 122 cm³/mol. The molecule has 2 aromatic carbocycles. The summed E-state index contributed by atoms with van der Waals surface area (Å²) in [4.78, 5) is 9.28. The summed E-state index contributed by atoms with van der Waals surface area (Å²) in [5.74, 6) is 0.762. The van der Waals surface area contributed by atoms with Gasteiger partial charge in [-0.1, -0.05) is 60.7 Å². The number of hydrogen-bond acceptors (Lipinski definition) is 4. The summed E-state index contributed by atoms with van der Waals surface area (Å²) in [7, 11) is 0. The molecule has 5 nitrogen and oxygen atoms in total. The quantitative estimate of drug-likeness (QED) is 0.384. The number of aromatic nitrogens is 5. The Morgan fingerprint density at radius 1 is 0.677 bits per heavy atom. The molecule has 0 spiro atoms. The maximum Gasteiger partial charge on any atom is 0.170 e. The van der Waals surface area contributed by atoms with Crippen molar-refractivity contribution in [3.63, 3.8) is 0 Å². The Hall–Kier alpha value is -4.38. The minimum Gasteiger partial charge on any atom is -0.282 e. The molecule has 0 saturated carbocycles. The van der Waals surface area contributed by atoms with Crippen molar-refractivity contribution in [2.75, 3.05) is 0 Å². The molecule has 0 amide bonds. The lowest BCUT2D eigenvalue weighted by molar-refractivity contribution is 1.11. The van der Waals surface area contributed by atoms with Crippen molar-refractivity contribution in [2.45, 2.75) is 0 Å². The van der Waals surface area contributed by atoms with Gasteiger partial charge in [0, 0.05) is 40.7 Å². The highest BCUT2D eigenvalue weighted by Gasteiger charge is 2.16. The van der Waals surface area contributed by atoms with Crippen LogP contribution in [-0.2, 0) is 0 Å². The van der Waals surface area contributed by atoms with Crippen molar-refractivity contribution in [2.24, 2.45) is 0 Å². The smallest absolute Gasteiger partial charge is 0.170 e. The van der Waals surface area contributed by atoms with E-state index in [4.69, 9.17) is 4.98 Å². The Bertz CT molecular complexity index is 1510. The molecule has 31 heavy (non-hydrogen) atoms. The van der Waals surface area contributed by atoms with Crippen molar-refractivity contribution in [1.29, 1.82) is 0 Å². The van der Waals surface area contributed by atoms with Crippen LogP contribution < -0.4 is 0 Å². The first-order chi connectivity index (χ1) is 15.4. The van der Waals surface area contributed by atoms with Crippen LogP contribution in [0.15, 0.2) is 104 Å². The summed E-state index contributed by atoms with van der Waals surface area (Å²) in [5.41, 5.74) is 6.81. The molecule has 6 aromatic rings. The van der Waals surface area contributed by atoms with Crippen LogP contribution >= 0.6 is 0 Å². The Labute approximate surface area is 178 Å². The van der Waals surface area contributed by atoms with Gasteiger partial charge in [0.2, 0.25) is 0 Å². The van der Waals surface area contributed by atoms with Crippen LogP contribution in [0.4, 0.5) is 0 Å². The third-order valence-corrected chi connectivity index (χ3v) is 5.42. The van der Waals surface area contributed by atoms with Crippen LogP contribution in [0.3, 0.4) is 0 Å². The minimum absolute atomic E-state index is 0.762. The molecule has 0 atom stereocenters. The van der Waals surface area contributed by atoms with Gasteiger partial charge in [0.05, 0.1) is 11.2 Å². The standard InChI is InChI=1S/C26H17N5/c1-3-8-18(9-4-1)21-16-22-23(28-24(21)19-10-5-2-6-11-19)13-15-31-25(29-30-26(22)31)20-12-7-14-27-17-20/h1-17H. The van der Waals surface area contributed by atoms with Crippen molar-refractivity contribution in [1.82, 2.24) is 24.6 Å². The van der Waals surface area contributed by atoms with Gasteiger partial charge in [-0.15, -0.1) is 10.2 Å². The maximum atomic E-state index is 5.06. The zero-order chi connectivity index (χ0) is 20.6. The highest BCUT2D eigenvalue weighted by molar-refractivity contribution is 5.98. The van der Waals surface area contributed by atoms with Gasteiger partial charge in [0.15, 0.2) is 11.5 Å². The molecule has 6 rings (SSSR count). The van der Waals surface area contributed by atoms with Gasteiger partial charge in [-0.2, -0.15) is 0 Å².